The van der Waals surface area contributed by atoms with Gasteiger partial charge < -0.3 is 5.32 Å². The lowest BCUT2D eigenvalue weighted by molar-refractivity contribution is 0.689. The summed E-state index contributed by atoms with van der Waals surface area (Å²) in [6, 6.07) is 12.8. The number of nitrogens with zero attached hydrogens (tertiary/aromatic N) is 1. The topological polar surface area (TPSA) is 24.9 Å². The number of hydrogen-bond donors (Lipinski definition) is 1. The van der Waals surface area contributed by atoms with E-state index in [4.69, 9.17) is 11.6 Å². The summed E-state index contributed by atoms with van der Waals surface area (Å²) in [5.74, 6) is 0. The molecule has 2 aromatic rings. The second-order valence-corrected chi connectivity index (χ2v) is 5.09. The van der Waals surface area contributed by atoms with E-state index in [9.17, 15) is 0 Å². The smallest absolute Gasteiger partial charge is 0.152 e. The van der Waals surface area contributed by atoms with Crippen molar-refractivity contribution in [3.63, 3.8) is 0 Å². The van der Waals surface area contributed by atoms with Gasteiger partial charge in [-0.3, -0.25) is 0 Å². The maximum Gasteiger partial charge on any atom is 0.152 e. The summed E-state index contributed by atoms with van der Waals surface area (Å²) in [5, 5.41) is 4.07. The zero-order valence-electron chi connectivity index (χ0n) is 11.4. The molecule has 1 aromatic carbocycles. The van der Waals surface area contributed by atoms with Crippen molar-refractivity contribution in [2.45, 2.75) is 32.7 Å². The van der Waals surface area contributed by atoms with Crippen LogP contribution in [0.5, 0.6) is 0 Å². The molecule has 0 spiro atoms. The highest BCUT2D eigenvalue weighted by Gasteiger charge is 2.11. The molecule has 19 heavy (non-hydrogen) atoms. The molecular weight excluding hydrogens is 256 g/mol. The highest BCUT2D eigenvalue weighted by atomic mass is 35.5. The molecule has 0 saturated heterocycles. The summed E-state index contributed by atoms with van der Waals surface area (Å²) < 4.78 is 0. The molecule has 1 atom stereocenters. The lowest BCUT2D eigenvalue weighted by Gasteiger charge is -2.20. The van der Waals surface area contributed by atoms with E-state index in [1.165, 1.54) is 5.56 Å². The fourth-order valence-corrected chi connectivity index (χ4v) is 2.36. The Morgan fingerprint density at radius 2 is 1.95 bits per heavy atom. The molecular formula is C16H19ClN2. The summed E-state index contributed by atoms with van der Waals surface area (Å²) >= 11 is 6.16. The monoisotopic (exact) mass is 274 g/mol. The summed E-state index contributed by atoms with van der Waals surface area (Å²) in [6.07, 6.45) is 3.77. The number of benzene rings is 1. The second kappa shape index (κ2) is 6.58. The third kappa shape index (κ3) is 3.71. The van der Waals surface area contributed by atoms with Gasteiger partial charge in [0.1, 0.15) is 0 Å². The minimum Gasteiger partial charge on any atom is -0.379 e. The van der Waals surface area contributed by atoms with E-state index in [1.54, 1.807) is 6.20 Å². The standard InChI is InChI=1S/C16H19ClN2/c1-3-14(11-13-7-5-4-6-8-13)19-15-12(2)9-10-18-16(15)17/h4-10,14,19H,3,11H2,1-2H3. The van der Waals surface area contributed by atoms with Gasteiger partial charge in [-0.1, -0.05) is 48.9 Å². The predicted octanol–water partition coefficient (Wildman–Crippen LogP) is 4.48. The van der Waals surface area contributed by atoms with Crippen molar-refractivity contribution in [1.82, 2.24) is 4.98 Å². The van der Waals surface area contributed by atoms with Gasteiger partial charge in [0.05, 0.1) is 5.69 Å². The number of aromatic nitrogens is 1. The molecule has 0 saturated carbocycles. The minimum atomic E-state index is 0.364. The van der Waals surface area contributed by atoms with E-state index in [0.717, 1.165) is 24.1 Å². The molecule has 1 N–H and O–H groups in total. The van der Waals surface area contributed by atoms with E-state index in [-0.39, 0.29) is 0 Å². The van der Waals surface area contributed by atoms with Gasteiger partial charge in [0.25, 0.3) is 0 Å². The van der Waals surface area contributed by atoms with Crippen LogP contribution < -0.4 is 5.32 Å². The summed E-state index contributed by atoms with van der Waals surface area (Å²) in [5.41, 5.74) is 3.41. The SMILES string of the molecule is CCC(Cc1ccccc1)Nc1c(C)ccnc1Cl. The van der Waals surface area contributed by atoms with Gasteiger partial charge in [-0.25, -0.2) is 4.98 Å². The van der Waals surface area contributed by atoms with Crippen LogP contribution in [0.15, 0.2) is 42.6 Å². The lowest BCUT2D eigenvalue weighted by Crippen LogP contribution is -2.22. The normalized spacial score (nSPS) is 12.2. The molecule has 0 radical (unpaired) electrons. The molecule has 3 heteroatoms. The molecule has 0 aliphatic heterocycles. The van der Waals surface area contributed by atoms with Crippen LogP contribution in [-0.2, 0) is 6.42 Å². The first-order chi connectivity index (χ1) is 9.20. The molecule has 0 aliphatic carbocycles. The van der Waals surface area contributed by atoms with Gasteiger partial charge in [-0.05, 0) is 37.0 Å². The van der Waals surface area contributed by atoms with Gasteiger partial charge in [-0.2, -0.15) is 0 Å². The van der Waals surface area contributed by atoms with E-state index in [2.05, 4.69) is 41.5 Å². The molecule has 1 unspecified atom stereocenters. The van der Waals surface area contributed by atoms with E-state index in [1.807, 2.05) is 19.1 Å². The first-order valence-corrected chi connectivity index (χ1v) is 7.00. The number of rotatable bonds is 5. The zero-order valence-corrected chi connectivity index (χ0v) is 12.1. The molecule has 1 heterocycles. The first kappa shape index (κ1) is 13.9. The van der Waals surface area contributed by atoms with Crippen LogP contribution in [-0.4, -0.2) is 11.0 Å². The maximum atomic E-state index is 6.16. The molecule has 0 bridgehead atoms. The van der Waals surface area contributed by atoms with Gasteiger partial charge >= 0.3 is 0 Å². The summed E-state index contributed by atoms with van der Waals surface area (Å²) in [7, 11) is 0. The quantitative estimate of drug-likeness (QED) is 0.814. The second-order valence-electron chi connectivity index (χ2n) is 4.73. The van der Waals surface area contributed by atoms with Crippen LogP contribution in [0.1, 0.15) is 24.5 Å². The van der Waals surface area contributed by atoms with E-state index < -0.39 is 0 Å². The Labute approximate surface area is 119 Å². The number of pyridine rings is 1. The molecule has 0 aliphatic rings. The largest absolute Gasteiger partial charge is 0.379 e. The van der Waals surface area contributed by atoms with Crippen LogP contribution in [0.3, 0.4) is 0 Å². The van der Waals surface area contributed by atoms with Crippen molar-refractivity contribution < 1.29 is 0 Å². The highest BCUT2D eigenvalue weighted by molar-refractivity contribution is 6.32. The predicted molar refractivity (Wildman–Crippen MR) is 81.8 cm³/mol. The highest BCUT2D eigenvalue weighted by Crippen LogP contribution is 2.24. The Kier molecular flexibility index (Phi) is 4.80. The van der Waals surface area contributed by atoms with Crippen LogP contribution in [0, 0.1) is 6.92 Å². The number of aryl methyl sites for hydroxylation is 1. The van der Waals surface area contributed by atoms with Crippen LogP contribution in [0.25, 0.3) is 0 Å². The summed E-state index contributed by atoms with van der Waals surface area (Å²) in [6.45, 7) is 4.23. The van der Waals surface area contributed by atoms with Crippen molar-refractivity contribution in [2.24, 2.45) is 0 Å². The Hall–Kier alpha value is -1.54. The third-order valence-corrected chi connectivity index (χ3v) is 3.57. The first-order valence-electron chi connectivity index (χ1n) is 6.62. The molecule has 2 rings (SSSR count). The van der Waals surface area contributed by atoms with Crippen molar-refractivity contribution >= 4 is 17.3 Å². The molecule has 1 aromatic heterocycles. The molecule has 0 amide bonds. The molecule has 2 nitrogen and oxygen atoms in total. The summed E-state index contributed by atoms with van der Waals surface area (Å²) in [4.78, 5) is 4.14. The van der Waals surface area contributed by atoms with Gasteiger partial charge in [0, 0.05) is 12.2 Å². The maximum absolute atomic E-state index is 6.16. The van der Waals surface area contributed by atoms with Crippen LogP contribution in [0.2, 0.25) is 5.15 Å². The van der Waals surface area contributed by atoms with Gasteiger partial charge in [0.15, 0.2) is 5.15 Å². The Balaban J connectivity index is 2.11. The van der Waals surface area contributed by atoms with Gasteiger partial charge in [0.2, 0.25) is 0 Å². The number of hydrogen-bond acceptors (Lipinski definition) is 2. The van der Waals surface area contributed by atoms with E-state index >= 15 is 0 Å². The fourth-order valence-electron chi connectivity index (χ4n) is 2.10. The average Bonchev–Trinajstić information content (AvgIpc) is 2.43. The number of nitrogens with one attached hydrogen (secondary N) is 1. The molecule has 100 valence electrons. The Morgan fingerprint density at radius 3 is 2.58 bits per heavy atom. The van der Waals surface area contributed by atoms with Crippen LogP contribution >= 0.6 is 11.6 Å². The minimum absolute atomic E-state index is 0.364. The number of anilines is 1. The van der Waals surface area contributed by atoms with Crippen molar-refractivity contribution in [3.05, 3.63) is 58.9 Å². The zero-order chi connectivity index (χ0) is 13.7. The molecule has 0 fully saturated rings. The Bertz CT molecular complexity index is 505. The Morgan fingerprint density at radius 1 is 1.21 bits per heavy atom. The van der Waals surface area contributed by atoms with Crippen LogP contribution in [0.4, 0.5) is 5.69 Å². The average molecular weight is 275 g/mol. The van der Waals surface area contributed by atoms with Crippen molar-refractivity contribution in [2.75, 3.05) is 5.32 Å². The fraction of sp³-hybridized carbons (Fsp3) is 0.312. The lowest BCUT2D eigenvalue weighted by atomic mass is 10.0. The van der Waals surface area contributed by atoms with Gasteiger partial charge in [-0.15, -0.1) is 0 Å². The van der Waals surface area contributed by atoms with E-state index in [0.29, 0.717) is 11.2 Å². The van der Waals surface area contributed by atoms with Crippen molar-refractivity contribution in [1.29, 1.82) is 0 Å². The number of halogens is 1. The van der Waals surface area contributed by atoms with Crippen molar-refractivity contribution in [3.8, 4) is 0 Å². The third-order valence-electron chi connectivity index (χ3n) is 3.28.